The van der Waals surface area contributed by atoms with Crippen LogP contribution < -0.4 is 19.8 Å². The Morgan fingerprint density at radius 2 is 1.86 bits per heavy atom. The van der Waals surface area contributed by atoms with Gasteiger partial charge in [-0.25, -0.2) is 4.79 Å². The van der Waals surface area contributed by atoms with Gasteiger partial charge in [-0.1, -0.05) is 18.2 Å². The summed E-state index contributed by atoms with van der Waals surface area (Å²) in [5, 5.41) is 2.62. The maximum atomic E-state index is 13.3. The molecule has 0 unspecified atom stereocenters. The molecule has 0 saturated heterocycles. The van der Waals surface area contributed by atoms with Gasteiger partial charge in [0.15, 0.2) is 11.5 Å². The number of H-pyrrole nitrogens is 1. The Hall–Kier alpha value is -3.55. The number of nitrogens with zero attached hydrogens (tertiary/aromatic N) is 2. The van der Waals surface area contributed by atoms with Crippen molar-refractivity contribution in [1.29, 1.82) is 0 Å². The number of ether oxygens (including phenoxy) is 2. The monoisotopic (exact) mass is 396 g/mol. The standard InChI is InChI=1S/C21H21N3O5/c1-27-18-11-8-14(12-19(18)28-2)20(25)23(15-9-10-15)13-17-21(26)29-22-24(17)16-6-4-3-5-7-16/h3-8,11-12,15H,9-10,13H2,1-2H3/p+1. The zero-order chi connectivity index (χ0) is 20.4. The zero-order valence-corrected chi connectivity index (χ0v) is 16.3. The van der Waals surface area contributed by atoms with E-state index in [1.165, 1.54) is 7.11 Å². The number of aromatic amines is 1. The predicted molar refractivity (Wildman–Crippen MR) is 103 cm³/mol. The first-order valence-corrected chi connectivity index (χ1v) is 9.33. The van der Waals surface area contributed by atoms with Crippen molar-refractivity contribution in [2.45, 2.75) is 25.4 Å². The molecule has 1 aromatic heterocycles. The number of carbonyl (C=O) groups is 1. The Labute approximate surface area is 167 Å². The van der Waals surface area contributed by atoms with Crippen LogP contribution in [0.15, 0.2) is 57.8 Å². The summed E-state index contributed by atoms with van der Waals surface area (Å²) in [7, 11) is 3.07. The van der Waals surface area contributed by atoms with Crippen LogP contribution in [0, 0.1) is 0 Å². The fraction of sp³-hybridized carbons (Fsp3) is 0.286. The third kappa shape index (κ3) is 3.73. The Balaban J connectivity index is 1.66. The van der Waals surface area contributed by atoms with E-state index < -0.39 is 5.63 Å². The molecule has 8 heteroatoms. The van der Waals surface area contributed by atoms with E-state index in [1.807, 2.05) is 30.3 Å². The molecule has 0 aliphatic heterocycles. The molecule has 1 amide bonds. The summed E-state index contributed by atoms with van der Waals surface area (Å²) in [6.07, 6.45) is 1.81. The topological polar surface area (TPSA) is 88.6 Å². The smallest absolute Gasteiger partial charge is 0.432 e. The van der Waals surface area contributed by atoms with Gasteiger partial charge in [-0.05, 0) is 41.0 Å². The molecular weight excluding hydrogens is 374 g/mol. The molecule has 0 radical (unpaired) electrons. The van der Waals surface area contributed by atoms with Crippen molar-refractivity contribution in [3.05, 3.63) is 70.2 Å². The minimum atomic E-state index is -0.500. The van der Waals surface area contributed by atoms with Crippen molar-refractivity contribution in [1.82, 2.24) is 10.2 Å². The first kappa shape index (κ1) is 18.8. The molecule has 3 aromatic rings. The second kappa shape index (κ2) is 7.83. The number of rotatable bonds is 7. The van der Waals surface area contributed by atoms with Gasteiger partial charge >= 0.3 is 11.3 Å². The van der Waals surface area contributed by atoms with Gasteiger partial charge in [0.05, 0.1) is 14.2 Å². The maximum absolute atomic E-state index is 13.3. The van der Waals surface area contributed by atoms with Crippen molar-refractivity contribution in [2.24, 2.45) is 0 Å². The van der Waals surface area contributed by atoms with E-state index in [9.17, 15) is 9.59 Å². The zero-order valence-electron chi connectivity index (χ0n) is 16.3. The van der Waals surface area contributed by atoms with Gasteiger partial charge in [0, 0.05) is 23.7 Å². The molecule has 0 atom stereocenters. The van der Waals surface area contributed by atoms with Gasteiger partial charge in [-0.3, -0.25) is 9.32 Å². The van der Waals surface area contributed by atoms with Crippen LogP contribution in [-0.2, 0) is 6.54 Å². The molecule has 1 fully saturated rings. The molecule has 8 nitrogen and oxygen atoms in total. The fourth-order valence-electron chi connectivity index (χ4n) is 3.26. The van der Waals surface area contributed by atoms with E-state index in [4.69, 9.17) is 14.0 Å². The molecule has 1 aliphatic carbocycles. The van der Waals surface area contributed by atoms with Crippen LogP contribution >= 0.6 is 0 Å². The molecule has 29 heavy (non-hydrogen) atoms. The second-order valence-electron chi connectivity index (χ2n) is 6.83. The Kier molecular flexibility index (Phi) is 5.07. The molecule has 2 aromatic carbocycles. The quantitative estimate of drug-likeness (QED) is 0.618. The van der Waals surface area contributed by atoms with E-state index in [0.717, 1.165) is 18.5 Å². The summed E-state index contributed by atoms with van der Waals surface area (Å²) in [5.41, 5.74) is 1.08. The highest BCUT2D eigenvalue weighted by molar-refractivity contribution is 5.95. The maximum Gasteiger partial charge on any atom is 0.432 e. The number of hydrogen-bond donors (Lipinski definition) is 1. The summed E-state index contributed by atoms with van der Waals surface area (Å²) >= 11 is 0. The molecular formula is C21H22N3O5+. The lowest BCUT2D eigenvalue weighted by Gasteiger charge is -2.20. The highest BCUT2D eigenvalue weighted by Crippen LogP contribution is 2.32. The Morgan fingerprint density at radius 1 is 1.14 bits per heavy atom. The average Bonchev–Trinajstić information content (AvgIpc) is 3.54. The van der Waals surface area contributed by atoms with Crippen molar-refractivity contribution in [3.8, 4) is 17.2 Å². The summed E-state index contributed by atoms with van der Waals surface area (Å²) in [6, 6.07) is 14.5. The van der Waals surface area contributed by atoms with E-state index in [0.29, 0.717) is 22.8 Å². The summed E-state index contributed by atoms with van der Waals surface area (Å²) in [4.78, 5) is 27.3. The number of para-hydroxylation sites is 1. The van der Waals surface area contributed by atoms with Crippen LogP contribution in [0.5, 0.6) is 11.5 Å². The Bertz CT molecular complexity index is 1070. The number of aromatic nitrogens is 2. The third-order valence-corrected chi connectivity index (χ3v) is 4.95. The van der Waals surface area contributed by atoms with Gasteiger partial charge in [-0.15, -0.1) is 0 Å². The number of carbonyl (C=O) groups excluding carboxylic acids is 1. The Morgan fingerprint density at radius 3 is 2.52 bits per heavy atom. The SMILES string of the molecule is COc1ccc(C(=O)N(Cc2c(=O)o[nH][n+]2-c2ccccc2)C2CC2)cc1OC. The first-order valence-electron chi connectivity index (χ1n) is 9.33. The normalized spacial score (nSPS) is 13.2. The molecule has 1 saturated carbocycles. The van der Waals surface area contributed by atoms with Crippen molar-refractivity contribution in [2.75, 3.05) is 14.2 Å². The van der Waals surface area contributed by atoms with Gasteiger partial charge in [0.2, 0.25) is 5.69 Å². The van der Waals surface area contributed by atoms with E-state index >= 15 is 0 Å². The van der Waals surface area contributed by atoms with Crippen molar-refractivity contribution >= 4 is 5.91 Å². The van der Waals surface area contributed by atoms with E-state index in [-0.39, 0.29) is 18.5 Å². The van der Waals surface area contributed by atoms with Gasteiger partial charge < -0.3 is 14.4 Å². The lowest BCUT2D eigenvalue weighted by atomic mass is 10.1. The molecule has 4 rings (SSSR count). The van der Waals surface area contributed by atoms with Crippen LogP contribution in [0.4, 0.5) is 0 Å². The number of hydrogen-bond acceptors (Lipinski definition) is 5. The van der Waals surface area contributed by atoms with Crippen LogP contribution in [0.1, 0.15) is 28.9 Å². The predicted octanol–water partition coefficient (Wildman–Crippen LogP) is 2.07. The van der Waals surface area contributed by atoms with Crippen LogP contribution in [0.25, 0.3) is 5.69 Å². The molecule has 0 bridgehead atoms. The largest absolute Gasteiger partial charge is 0.493 e. The minimum absolute atomic E-state index is 0.0918. The van der Waals surface area contributed by atoms with Crippen LogP contribution in [-0.4, -0.2) is 36.3 Å². The fourth-order valence-corrected chi connectivity index (χ4v) is 3.26. The van der Waals surface area contributed by atoms with Gasteiger partial charge in [0.1, 0.15) is 6.54 Å². The average molecular weight is 396 g/mol. The summed E-state index contributed by atoms with van der Waals surface area (Å²) in [6.45, 7) is 0.137. The van der Waals surface area contributed by atoms with E-state index in [1.54, 1.807) is 34.9 Å². The molecule has 0 spiro atoms. The summed E-state index contributed by atoms with van der Waals surface area (Å²) < 4.78 is 17.1. The van der Waals surface area contributed by atoms with E-state index in [2.05, 4.69) is 5.27 Å². The number of amides is 1. The number of nitrogens with one attached hydrogen (secondary N) is 1. The number of benzene rings is 2. The lowest BCUT2D eigenvalue weighted by Crippen LogP contribution is -2.43. The van der Waals surface area contributed by atoms with Crippen LogP contribution in [0.3, 0.4) is 0 Å². The molecule has 1 aliphatic rings. The lowest BCUT2D eigenvalue weighted by molar-refractivity contribution is -0.678. The molecule has 150 valence electrons. The minimum Gasteiger partial charge on any atom is -0.493 e. The highest BCUT2D eigenvalue weighted by atomic mass is 16.5. The summed E-state index contributed by atoms with van der Waals surface area (Å²) in [5.74, 6) is 0.860. The first-order chi connectivity index (χ1) is 14.1. The van der Waals surface area contributed by atoms with Crippen LogP contribution in [0.2, 0.25) is 0 Å². The molecule has 1 heterocycles. The molecule has 1 N–H and O–H groups in total. The van der Waals surface area contributed by atoms with Crippen molar-refractivity contribution in [3.63, 3.8) is 0 Å². The van der Waals surface area contributed by atoms with Gasteiger partial charge in [0.25, 0.3) is 5.91 Å². The number of methoxy groups -OCH3 is 2. The second-order valence-corrected chi connectivity index (χ2v) is 6.83. The highest BCUT2D eigenvalue weighted by Gasteiger charge is 2.37. The van der Waals surface area contributed by atoms with Crippen molar-refractivity contribution < 1.29 is 23.5 Å². The van der Waals surface area contributed by atoms with Gasteiger partial charge in [-0.2, -0.15) is 0 Å². The third-order valence-electron chi connectivity index (χ3n) is 4.95.